The van der Waals surface area contributed by atoms with Gasteiger partial charge in [0, 0.05) is 25.0 Å². The van der Waals surface area contributed by atoms with Gasteiger partial charge >= 0.3 is 5.97 Å². The lowest BCUT2D eigenvalue weighted by atomic mass is 10.3. The maximum Gasteiger partial charge on any atom is 0.307 e. The maximum atomic E-state index is 11.1. The Hall–Kier alpha value is -1.56. The number of rotatable bonds is 7. The number of carbonyl (C=O) groups excluding carboxylic acids is 1. The van der Waals surface area contributed by atoms with Crippen LogP contribution in [0.3, 0.4) is 0 Å². The van der Waals surface area contributed by atoms with Gasteiger partial charge in [-0.15, -0.1) is 11.3 Å². The summed E-state index contributed by atoms with van der Waals surface area (Å²) in [5.74, 6) is 0.596. The third kappa shape index (κ3) is 6.06. The molecule has 0 saturated carbocycles. The molecule has 20 heavy (non-hydrogen) atoms. The van der Waals surface area contributed by atoms with E-state index in [9.17, 15) is 4.79 Å². The van der Waals surface area contributed by atoms with Gasteiger partial charge in [0.15, 0.2) is 5.96 Å². The second-order valence-electron chi connectivity index (χ2n) is 4.31. The van der Waals surface area contributed by atoms with E-state index in [0.29, 0.717) is 13.0 Å². The second-order valence-corrected chi connectivity index (χ2v) is 5.34. The topological polar surface area (TPSA) is 53.9 Å². The Bertz CT molecular complexity index is 418. The monoisotopic (exact) mass is 297 g/mol. The van der Waals surface area contributed by atoms with Crippen molar-refractivity contribution in [3.8, 4) is 0 Å². The van der Waals surface area contributed by atoms with Crippen LogP contribution in [0.2, 0.25) is 0 Å². The van der Waals surface area contributed by atoms with Crippen molar-refractivity contribution in [2.75, 3.05) is 33.8 Å². The van der Waals surface area contributed by atoms with Crippen LogP contribution < -0.4 is 5.32 Å². The molecule has 0 radical (unpaired) electrons. The number of nitrogens with one attached hydrogen (secondary N) is 1. The zero-order valence-corrected chi connectivity index (χ0v) is 13.2. The molecule has 0 spiro atoms. The largest absolute Gasteiger partial charge is 0.469 e. The van der Waals surface area contributed by atoms with Gasteiger partial charge in [-0.3, -0.25) is 9.79 Å². The first-order valence-electron chi connectivity index (χ1n) is 6.76. The minimum Gasteiger partial charge on any atom is -0.469 e. The smallest absolute Gasteiger partial charge is 0.307 e. The van der Waals surface area contributed by atoms with Gasteiger partial charge in [-0.25, -0.2) is 0 Å². The van der Waals surface area contributed by atoms with Crippen LogP contribution in [0.1, 0.15) is 18.2 Å². The molecular formula is C14H23N3O2S. The predicted molar refractivity (Wildman–Crippen MR) is 83.3 cm³/mol. The Balaban J connectivity index is 2.46. The van der Waals surface area contributed by atoms with Crippen LogP contribution in [0.5, 0.6) is 0 Å². The fraction of sp³-hybridized carbons (Fsp3) is 0.571. The number of nitrogens with zero attached hydrogens (tertiary/aromatic N) is 2. The Morgan fingerprint density at radius 1 is 1.55 bits per heavy atom. The fourth-order valence-corrected chi connectivity index (χ4v) is 2.36. The maximum absolute atomic E-state index is 11.1. The van der Waals surface area contributed by atoms with Crippen LogP contribution in [0, 0.1) is 0 Å². The van der Waals surface area contributed by atoms with Crippen LogP contribution in [-0.4, -0.2) is 50.6 Å². The summed E-state index contributed by atoms with van der Waals surface area (Å²) in [6.07, 6.45) is 1.31. The summed E-state index contributed by atoms with van der Waals surface area (Å²) in [6, 6.07) is 4.20. The van der Waals surface area contributed by atoms with Gasteiger partial charge in [-0.05, 0) is 24.8 Å². The first kappa shape index (κ1) is 16.5. The lowest BCUT2D eigenvalue weighted by molar-refractivity contribution is -0.140. The van der Waals surface area contributed by atoms with E-state index >= 15 is 0 Å². The molecule has 0 aliphatic carbocycles. The molecule has 1 aromatic heterocycles. The quantitative estimate of drug-likeness (QED) is 0.473. The van der Waals surface area contributed by atoms with Crippen LogP contribution in [-0.2, 0) is 16.0 Å². The molecule has 0 amide bonds. The number of methoxy groups -OCH3 is 1. The van der Waals surface area contributed by atoms with Crippen molar-refractivity contribution in [3.63, 3.8) is 0 Å². The minimum absolute atomic E-state index is 0.231. The first-order chi connectivity index (χ1) is 9.67. The summed E-state index contributed by atoms with van der Waals surface area (Å²) in [5, 5.41) is 5.32. The summed E-state index contributed by atoms with van der Waals surface area (Å²) >= 11 is 1.77. The standard InChI is InChI=1S/C14H23N3O2S/c1-4-15-14(16-9-7-13(18)19-3)17(2)10-8-12-6-5-11-20-12/h5-6,11H,4,7-10H2,1-3H3,(H,15,16). The Kier molecular flexibility index (Phi) is 7.72. The van der Waals surface area contributed by atoms with Gasteiger partial charge in [0.05, 0.1) is 20.1 Å². The van der Waals surface area contributed by atoms with Gasteiger partial charge < -0.3 is 15.0 Å². The minimum atomic E-state index is -0.231. The highest BCUT2D eigenvalue weighted by Gasteiger charge is 2.07. The van der Waals surface area contributed by atoms with E-state index in [1.807, 2.05) is 14.0 Å². The summed E-state index contributed by atoms with van der Waals surface area (Å²) in [6.45, 7) is 4.17. The lowest BCUT2D eigenvalue weighted by Crippen LogP contribution is -2.40. The molecule has 0 aliphatic rings. The molecule has 1 heterocycles. The molecule has 1 rings (SSSR count). The molecule has 5 nitrogen and oxygen atoms in total. The predicted octanol–water partition coefficient (Wildman–Crippen LogP) is 1.75. The van der Waals surface area contributed by atoms with Crippen molar-refractivity contribution in [2.24, 2.45) is 4.99 Å². The molecule has 6 heteroatoms. The van der Waals surface area contributed by atoms with Crippen molar-refractivity contribution in [1.82, 2.24) is 10.2 Å². The van der Waals surface area contributed by atoms with Gasteiger partial charge in [-0.1, -0.05) is 6.07 Å². The molecule has 0 fully saturated rings. The van der Waals surface area contributed by atoms with Gasteiger partial charge in [-0.2, -0.15) is 0 Å². The number of hydrogen-bond acceptors (Lipinski definition) is 4. The van der Waals surface area contributed by atoms with Crippen molar-refractivity contribution in [1.29, 1.82) is 0 Å². The average Bonchev–Trinajstić information content (AvgIpc) is 2.96. The Morgan fingerprint density at radius 2 is 2.35 bits per heavy atom. The highest BCUT2D eigenvalue weighted by Crippen LogP contribution is 2.09. The Morgan fingerprint density at radius 3 is 2.95 bits per heavy atom. The Labute approximate surface area is 124 Å². The summed E-state index contributed by atoms with van der Waals surface area (Å²) in [7, 11) is 3.40. The van der Waals surface area contributed by atoms with Gasteiger partial charge in [0.2, 0.25) is 0 Å². The SMILES string of the molecule is CCNC(=NCCC(=O)OC)N(C)CCc1cccs1. The normalized spacial score (nSPS) is 11.2. The number of esters is 1. The number of hydrogen-bond donors (Lipinski definition) is 1. The van der Waals surface area contributed by atoms with Crippen LogP contribution >= 0.6 is 11.3 Å². The molecule has 0 unspecified atom stereocenters. The molecule has 0 bridgehead atoms. The highest BCUT2D eigenvalue weighted by atomic mass is 32.1. The summed E-state index contributed by atoms with van der Waals surface area (Å²) < 4.78 is 4.61. The lowest BCUT2D eigenvalue weighted by Gasteiger charge is -2.21. The molecule has 112 valence electrons. The molecule has 0 aliphatic heterocycles. The zero-order valence-electron chi connectivity index (χ0n) is 12.4. The van der Waals surface area contributed by atoms with Gasteiger partial charge in [0.25, 0.3) is 0 Å². The molecule has 1 aromatic rings. The summed E-state index contributed by atoms with van der Waals surface area (Å²) in [4.78, 5) is 19.0. The van der Waals surface area contributed by atoms with Crippen molar-refractivity contribution >= 4 is 23.3 Å². The van der Waals surface area contributed by atoms with E-state index in [1.165, 1.54) is 12.0 Å². The van der Waals surface area contributed by atoms with Crippen molar-refractivity contribution in [3.05, 3.63) is 22.4 Å². The number of thiophene rings is 1. The molecule has 1 N–H and O–H groups in total. The molecule has 0 atom stereocenters. The van der Waals surface area contributed by atoms with Crippen LogP contribution in [0.25, 0.3) is 0 Å². The number of carbonyl (C=O) groups is 1. The summed E-state index contributed by atoms with van der Waals surface area (Å²) in [5.41, 5.74) is 0. The number of guanidine groups is 1. The van der Waals surface area contributed by atoms with E-state index < -0.39 is 0 Å². The van der Waals surface area contributed by atoms with Crippen LogP contribution in [0.15, 0.2) is 22.5 Å². The number of ether oxygens (including phenoxy) is 1. The van der Waals surface area contributed by atoms with E-state index in [2.05, 4.69) is 37.5 Å². The molecule has 0 saturated heterocycles. The average molecular weight is 297 g/mol. The van der Waals surface area contributed by atoms with Crippen molar-refractivity contribution in [2.45, 2.75) is 19.8 Å². The van der Waals surface area contributed by atoms with E-state index in [-0.39, 0.29) is 5.97 Å². The first-order valence-corrected chi connectivity index (χ1v) is 7.64. The zero-order chi connectivity index (χ0) is 14.8. The van der Waals surface area contributed by atoms with E-state index in [0.717, 1.165) is 25.5 Å². The molecular weight excluding hydrogens is 274 g/mol. The van der Waals surface area contributed by atoms with E-state index in [4.69, 9.17) is 0 Å². The van der Waals surface area contributed by atoms with Crippen LogP contribution in [0.4, 0.5) is 0 Å². The van der Waals surface area contributed by atoms with Crippen molar-refractivity contribution < 1.29 is 9.53 Å². The molecule has 0 aromatic carbocycles. The second kappa shape index (κ2) is 9.36. The third-order valence-electron chi connectivity index (χ3n) is 2.78. The van der Waals surface area contributed by atoms with E-state index in [1.54, 1.807) is 11.3 Å². The van der Waals surface area contributed by atoms with Gasteiger partial charge in [0.1, 0.15) is 0 Å². The highest BCUT2D eigenvalue weighted by molar-refractivity contribution is 7.09. The third-order valence-corrected chi connectivity index (χ3v) is 3.71. The fourth-order valence-electron chi connectivity index (χ4n) is 1.66. The number of aliphatic imine (C=N–C) groups is 1. The number of likely N-dealkylation sites (N-methyl/N-ethyl adjacent to an activating group) is 1.